The summed E-state index contributed by atoms with van der Waals surface area (Å²) in [4.78, 5) is 0. The van der Waals surface area contributed by atoms with Crippen LogP contribution in [0, 0.1) is 5.12 Å². The van der Waals surface area contributed by atoms with E-state index in [2.05, 4.69) is 24.3 Å². The average Bonchev–Trinajstić information content (AvgIpc) is 2.47. The molecule has 0 heterocycles. The van der Waals surface area contributed by atoms with Crippen LogP contribution < -0.4 is 11.5 Å². The van der Waals surface area contributed by atoms with E-state index in [4.69, 9.17) is 34.7 Å². The maximum atomic E-state index is 6.39. The molecular formula is C16H18Cl2N2PPd. The van der Waals surface area contributed by atoms with Gasteiger partial charge < -0.3 is 0 Å². The molecule has 0 aliphatic carbocycles. The van der Waals surface area contributed by atoms with E-state index < -0.39 is 13.0 Å². The summed E-state index contributed by atoms with van der Waals surface area (Å²) in [6.45, 7) is 0. The van der Waals surface area contributed by atoms with E-state index in [9.17, 15) is 0 Å². The first-order chi connectivity index (χ1) is 9.97. The van der Waals surface area contributed by atoms with Crippen molar-refractivity contribution in [2.75, 3.05) is 0 Å². The normalized spacial score (nSPS) is 11.5. The summed E-state index contributed by atoms with van der Waals surface area (Å²) in [6, 6.07) is 20.3. The van der Waals surface area contributed by atoms with Crippen LogP contribution in [0.5, 0.6) is 0 Å². The van der Waals surface area contributed by atoms with Gasteiger partial charge in [0.25, 0.3) is 0 Å². The van der Waals surface area contributed by atoms with Gasteiger partial charge in [0, 0.05) is 20.4 Å². The van der Waals surface area contributed by atoms with Crippen LogP contribution in [-0.2, 0) is 32.7 Å². The van der Waals surface area contributed by atoms with Crippen LogP contribution in [0.25, 0.3) is 0 Å². The van der Waals surface area contributed by atoms with Gasteiger partial charge in [-0.1, -0.05) is 80.2 Å². The average molecular weight is 447 g/mol. The molecule has 1 radical (unpaired) electrons. The molecule has 4 N–H and O–H groups in total. The predicted octanol–water partition coefficient (Wildman–Crippen LogP) is 4.40. The molecule has 0 aliphatic heterocycles. The molecule has 0 aromatic heterocycles. The van der Waals surface area contributed by atoms with E-state index in [0.29, 0.717) is 5.12 Å². The molecule has 0 unspecified atom stereocenters. The van der Waals surface area contributed by atoms with Crippen LogP contribution in [0.15, 0.2) is 60.7 Å². The first kappa shape index (κ1) is 20.1. The summed E-state index contributed by atoms with van der Waals surface area (Å²) in [5.74, 6) is 0. The number of halogens is 2. The Morgan fingerprint density at radius 1 is 0.864 bits per heavy atom. The molecule has 0 spiro atoms. The topological polar surface area (TPSA) is 52.0 Å². The van der Waals surface area contributed by atoms with Crippen LogP contribution in [0.1, 0.15) is 11.1 Å². The molecule has 6 heteroatoms. The summed E-state index contributed by atoms with van der Waals surface area (Å²) in [7, 11) is -0.762. The summed E-state index contributed by atoms with van der Waals surface area (Å²) in [5, 5.41) is -1.02. The van der Waals surface area contributed by atoms with Gasteiger partial charge in [-0.2, -0.15) is 0 Å². The quantitative estimate of drug-likeness (QED) is 0.227. The molecule has 121 valence electrons. The van der Waals surface area contributed by atoms with Crippen LogP contribution >= 0.6 is 31.1 Å². The number of benzene rings is 2. The van der Waals surface area contributed by atoms with Crippen LogP contribution in [0.3, 0.4) is 0 Å². The van der Waals surface area contributed by atoms with Gasteiger partial charge in [0.15, 0.2) is 5.12 Å². The van der Waals surface area contributed by atoms with Gasteiger partial charge in [-0.15, -0.1) is 11.6 Å². The number of hydrogen-bond acceptors (Lipinski definition) is 2. The van der Waals surface area contributed by atoms with Crippen LogP contribution in [-0.4, -0.2) is 5.12 Å². The summed E-state index contributed by atoms with van der Waals surface area (Å²) in [5.41, 5.74) is 14.0. The molecule has 0 fully saturated rings. The Bertz CT molecular complexity index is 508. The Kier molecular flexibility index (Phi) is 8.54. The fourth-order valence-electron chi connectivity index (χ4n) is 2.04. The van der Waals surface area contributed by atoms with Gasteiger partial charge in [-0.25, -0.2) is 0 Å². The Morgan fingerprint density at radius 2 is 1.23 bits per heavy atom. The number of rotatable bonds is 6. The van der Waals surface area contributed by atoms with E-state index in [1.54, 1.807) is 0 Å². The molecule has 2 aromatic rings. The fourth-order valence-corrected chi connectivity index (χ4v) is 4.94. The molecule has 0 aliphatic rings. The molecule has 2 aromatic carbocycles. The third kappa shape index (κ3) is 6.27. The van der Waals surface area contributed by atoms with E-state index in [1.165, 1.54) is 11.1 Å². The van der Waals surface area contributed by atoms with Crippen LogP contribution in [0.2, 0.25) is 0 Å². The third-order valence-corrected chi connectivity index (χ3v) is 6.89. The maximum absolute atomic E-state index is 6.39. The Labute approximate surface area is 157 Å². The van der Waals surface area contributed by atoms with E-state index >= 15 is 0 Å². The predicted molar refractivity (Wildman–Crippen MR) is 93.3 cm³/mol. The van der Waals surface area contributed by atoms with E-state index in [-0.39, 0.29) is 20.4 Å². The molecule has 0 bridgehead atoms. The van der Waals surface area contributed by atoms with Crippen molar-refractivity contribution in [2.45, 2.75) is 17.4 Å². The third-order valence-electron chi connectivity index (χ3n) is 3.03. The van der Waals surface area contributed by atoms with Gasteiger partial charge in [0.1, 0.15) is 5.12 Å². The number of hydrogen-bond donors (Lipinski definition) is 2. The molecule has 0 amide bonds. The summed E-state index contributed by atoms with van der Waals surface area (Å²) in [6.07, 6.45) is 1.62. The van der Waals surface area contributed by atoms with E-state index in [1.807, 2.05) is 36.4 Å². The molecule has 22 heavy (non-hydrogen) atoms. The first-order valence-corrected chi connectivity index (χ1v) is 9.06. The van der Waals surface area contributed by atoms with Crippen molar-refractivity contribution >= 4 is 31.1 Å². The molecule has 0 atom stereocenters. The molecule has 0 saturated heterocycles. The second kappa shape index (κ2) is 9.36. The van der Waals surface area contributed by atoms with Crippen molar-refractivity contribution in [1.29, 1.82) is 0 Å². The van der Waals surface area contributed by atoms with Crippen molar-refractivity contribution in [3.8, 4) is 0 Å². The smallest absolute Gasteiger partial charge is 0.167 e. The Hall–Kier alpha value is 0.0323. The van der Waals surface area contributed by atoms with Gasteiger partial charge in [-0.05, 0) is 23.5 Å². The Balaban J connectivity index is 0.00000242. The molecular weight excluding hydrogens is 428 g/mol. The standard InChI is InChI=1S/C16H18Cl2N2P.Pd/c17-15(16(18,19)20)21(11-13-7-3-1-4-8-13)12-14-9-5-2-6-10-14;/h1-10H,11-12,19-20H2;. The molecule has 2 nitrogen and oxygen atoms in total. The minimum absolute atomic E-state index is 0. The summed E-state index contributed by atoms with van der Waals surface area (Å²) >= 11 is 12.4. The zero-order valence-corrected chi connectivity index (χ0v) is 15.8. The SMILES string of the molecule is NC(N)(Cl)[C](Cl)P(Cc1ccccc1)Cc1ccccc1.[Pd]. The summed E-state index contributed by atoms with van der Waals surface area (Å²) < 4.78 is 0. The van der Waals surface area contributed by atoms with Crippen LogP contribution in [0.4, 0.5) is 0 Å². The van der Waals surface area contributed by atoms with Gasteiger partial charge in [0.05, 0.1) is 0 Å². The van der Waals surface area contributed by atoms with E-state index in [0.717, 1.165) is 12.3 Å². The van der Waals surface area contributed by atoms with Gasteiger partial charge >= 0.3 is 0 Å². The number of nitrogens with two attached hydrogens (primary N) is 2. The van der Waals surface area contributed by atoms with Crippen molar-refractivity contribution < 1.29 is 20.4 Å². The second-order valence-electron chi connectivity index (χ2n) is 4.89. The van der Waals surface area contributed by atoms with Crippen molar-refractivity contribution in [2.24, 2.45) is 11.5 Å². The van der Waals surface area contributed by atoms with Crippen molar-refractivity contribution in [1.82, 2.24) is 0 Å². The first-order valence-electron chi connectivity index (χ1n) is 6.59. The fraction of sp³-hybridized carbons (Fsp3) is 0.188. The Morgan fingerprint density at radius 3 is 1.55 bits per heavy atom. The number of alkyl halides is 1. The molecule has 2 rings (SSSR count). The second-order valence-corrected chi connectivity index (χ2v) is 8.31. The van der Waals surface area contributed by atoms with Gasteiger partial charge in [0.2, 0.25) is 0 Å². The maximum Gasteiger partial charge on any atom is 0.167 e. The zero-order chi connectivity index (χ0) is 15.3. The largest absolute Gasteiger partial charge is 0.299 e. The van der Waals surface area contributed by atoms with Gasteiger partial charge in [-0.3, -0.25) is 11.5 Å². The minimum Gasteiger partial charge on any atom is -0.299 e. The van der Waals surface area contributed by atoms with Crippen molar-refractivity contribution in [3.63, 3.8) is 0 Å². The minimum atomic E-state index is -1.48. The monoisotopic (exact) mass is 445 g/mol. The molecule has 0 saturated carbocycles. The van der Waals surface area contributed by atoms with Crippen molar-refractivity contribution in [3.05, 3.63) is 76.9 Å². The zero-order valence-electron chi connectivity index (χ0n) is 11.9.